The molecule has 152 valence electrons. The van der Waals surface area contributed by atoms with Crippen molar-refractivity contribution in [2.24, 2.45) is 0 Å². The van der Waals surface area contributed by atoms with Gasteiger partial charge in [0.1, 0.15) is 6.61 Å². The van der Waals surface area contributed by atoms with E-state index in [4.69, 9.17) is 9.47 Å². The minimum Gasteiger partial charge on any atom is -0.493 e. The van der Waals surface area contributed by atoms with Crippen LogP contribution < -0.4 is 9.47 Å². The van der Waals surface area contributed by atoms with Gasteiger partial charge in [-0.3, -0.25) is 9.80 Å². The molecular formula is C24H34N2O2. The highest BCUT2D eigenvalue weighted by Gasteiger charge is 2.21. The molecule has 4 nitrogen and oxygen atoms in total. The van der Waals surface area contributed by atoms with Crippen molar-refractivity contribution < 1.29 is 9.47 Å². The molecule has 0 unspecified atom stereocenters. The van der Waals surface area contributed by atoms with Gasteiger partial charge in [0.15, 0.2) is 11.5 Å². The predicted octanol–water partition coefficient (Wildman–Crippen LogP) is 4.58. The van der Waals surface area contributed by atoms with Crippen LogP contribution in [0.1, 0.15) is 37.8 Å². The molecule has 0 aliphatic carbocycles. The second-order valence-corrected chi connectivity index (χ2v) is 7.54. The molecule has 1 saturated heterocycles. The second-order valence-electron chi connectivity index (χ2n) is 7.54. The number of methoxy groups -OCH3 is 1. The van der Waals surface area contributed by atoms with Crippen molar-refractivity contribution in [3.05, 3.63) is 59.7 Å². The Kier molecular flexibility index (Phi) is 7.75. The summed E-state index contributed by atoms with van der Waals surface area (Å²) in [6.45, 7) is 10.7. The molecule has 3 rings (SSSR count). The van der Waals surface area contributed by atoms with Crippen molar-refractivity contribution in [3.8, 4) is 11.5 Å². The topological polar surface area (TPSA) is 24.9 Å². The van der Waals surface area contributed by atoms with Crippen molar-refractivity contribution in [2.75, 3.05) is 33.3 Å². The number of hydrogen-bond acceptors (Lipinski definition) is 4. The number of nitrogens with zero attached hydrogens (tertiary/aromatic N) is 2. The molecule has 2 aromatic carbocycles. The Morgan fingerprint density at radius 3 is 2.21 bits per heavy atom. The molecule has 0 atom stereocenters. The molecule has 0 amide bonds. The summed E-state index contributed by atoms with van der Waals surface area (Å²) in [5, 5.41) is 0. The van der Waals surface area contributed by atoms with Crippen molar-refractivity contribution >= 4 is 0 Å². The number of ether oxygens (including phenoxy) is 2. The Balaban J connectivity index is 1.59. The fraction of sp³-hybridized carbons (Fsp3) is 0.500. The van der Waals surface area contributed by atoms with Crippen LogP contribution in [0.4, 0.5) is 0 Å². The van der Waals surface area contributed by atoms with E-state index in [-0.39, 0.29) is 0 Å². The maximum Gasteiger partial charge on any atom is 0.161 e. The summed E-state index contributed by atoms with van der Waals surface area (Å²) in [5.74, 6) is 1.61. The van der Waals surface area contributed by atoms with Gasteiger partial charge in [0.05, 0.1) is 7.11 Å². The predicted molar refractivity (Wildman–Crippen MR) is 115 cm³/mol. The number of hydrogen-bond donors (Lipinski definition) is 0. The zero-order chi connectivity index (χ0) is 19.8. The van der Waals surface area contributed by atoms with E-state index in [1.807, 2.05) is 24.3 Å². The molecule has 1 aliphatic rings. The average Bonchev–Trinajstić information content (AvgIpc) is 2.75. The zero-order valence-electron chi connectivity index (χ0n) is 17.6. The van der Waals surface area contributed by atoms with Crippen LogP contribution in [0.3, 0.4) is 0 Å². The Morgan fingerprint density at radius 1 is 0.857 bits per heavy atom. The standard InChI is InChI=1S/C24H34N2O2/c1-4-22(5-2)26-15-13-25(14-16-26)18-21-11-12-23(27-3)24(17-21)28-19-20-9-7-6-8-10-20/h6-12,17,22H,4-5,13-16,18-19H2,1-3H3. The Morgan fingerprint density at radius 2 is 1.57 bits per heavy atom. The minimum absolute atomic E-state index is 0.550. The van der Waals surface area contributed by atoms with Gasteiger partial charge in [-0.15, -0.1) is 0 Å². The summed E-state index contributed by atoms with van der Waals surface area (Å²) in [7, 11) is 1.70. The van der Waals surface area contributed by atoms with Crippen molar-refractivity contribution in [3.63, 3.8) is 0 Å². The first-order valence-corrected chi connectivity index (χ1v) is 10.5. The van der Waals surface area contributed by atoms with Crippen LogP contribution in [0.5, 0.6) is 11.5 Å². The first-order chi connectivity index (χ1) is 13.7. The molecule has 1 fully saturated rings. The Hall–Kier alpha value is -2.04. The van der Waals surface area contributed by atoms with Gasteiger partial charge in [-0.05, 0) is 36.1 Å². The fourth-order valence-corrected chi connectivity index (χ4v) is 4.02. The highest BCUT2D eigenvalue weighted by Crippen LogP contribution is 2.29. The SMILES string of the molecule is CCC(CC)N1CCN(Cc2ccc(OC)c(OCc3ccccc3)c2)CC1. The highest BCUT2D eigenvalue weighted by molar-refractivity contribution is 5.43. The molecule has 1 heterocycles. The van der Waals surface area contributed by atoms with E-state index < -0.39 is 0 Å². The first kappa shape index (κ1) is 20.7. The lowest BCUT2D eigenvalue weighted by atomic mass is 10.1. The summed E-state index contributed by atoms with van der Waals surface area (Å²) >= 11 is 0. The summed E-state index contributed by atoms with van der Waals surface area (Å²) in [6, 6.07) is 17.3. The maximum absolute atomic E-state index is 6.07. The zero-order valence-corrected chi connectivity index (χ0v) is 17.6. The van der Waals surface area contributed by atoms with Crippen LogP contribution in [-0.4, -0.2) is 49.1 Å². The summed E-state index contributed by atoms with van der Waals surface area (Å²) < 4.78 is 11.6. The molecule has 0 N–H and O–H groups in total. The van der Waals surface area contributed by atoms with Gasteiger partial charge < -0.3 is 9.47 Å². The molecule has 0 radical (unpaired) electrons. The highest BCUT2D eigenvalue weighted by atomic mass is 16.5. The van der Waals surface area contributed by atoms with Gasteiger partial charge in [0.2, 0.25) is 0 Å². The molecule has 1 aliphatic heterocycles. The van der Waals surface area contributed by atoms with Gasteiger partial charge in [0.25, 0.3) is 0 Å². The van der Waals surface area contributed by atoms with E-state index in [0.717, 1.165) is 42.7 Å². The lowest BCUT2D eigenvalue weighted by molar-refractivity contribution is 0.0880. The lowest BCUT2D eigenvalue weighted by Crippen LogP contribution is -2.49. The quantitative estimate of drug-likeness (QED) is 0.634. The third kappa shape index (κ3) is 5.49. The van der Waals surface area contributed by atoms with Crippen LogP contribution in [-0.2, 0) is 13.2 Å². The molecule has 0 bridgehead atoms. The second kappa shape index (κ2) is 10.5. The summed E-state index contributed by atoms with van der Waals surface area (Å²) in [6.07, 6.45) is 2.49. The average molecular weight is 383 g/mol. The minimum atomic E-state index is 0.550. The smallest absolute Gasteiger partial charge is 0.161 e. The monoisotopic (exact) mass is 382 g/mol. The van der Waals surface area contributed by atoms with E-state index in [1.54, 1.807) is 7.11 Å². The van der Waals surface area contributed by atoms with E-state index in [9.17, 15) is 0 Å². The lowest BCUT2D eigenvalue weighted by Gasteiger charge is -2.38. The van der Waals surface area contributed by atoms with Crippen LogP contribution in [0.15, 0.2) is 48.5 Å². The molecule has 4 heteroatoms. The Labute approximate surface area is 170 Å². The fourth-order valence-electron chi connectivity index (χ4n) is 4.02. The Bertz CT molecular complexity index is 708. The number of piperazine rings is 1. The third-order valence-corrected chi connectivity index (χ3v) is 5.74. The normalized spacial score (nSPS) is 15.7. The maximum atomic E-state index is 6.07. The third-order valence-electron chi connectivity index (χ3n) is 5.74. The largest absolute Gasteiger partial charge is 0.493 e. The summed E-state index contributed by atoms with van der Waals surface area (Å²) in [5.41, 5.74) is 2.44. The van der Waals surface area contributed by atoms with Crippen molar-refractivity contribution in [2.45, 2.75) is 45.9 Å². The van der Waals surface area contributed by atoms with Crippen LogP contribution in [0, 0.1) is 0 Å². The van der Waals surface area contributed by atoms with Crippen LogP contribution in [0.2, 0.25) is 0 Å². The van der Waals surface area contributed by atoms with Gasteiger partial charge in [-0.2, -0.15) is 0 Å². The number of benzene rings is 2. The summed E-state index contributed by atoms with van der Waals surface area (Å²) in [4.78, 5) is 5.20. The van der Waals surface area contributed by atoms with E-state index in [1.165, 1.54) is 31.5 Å². The number of rotatable bonds is 9. The molecule has 2 aromatic rings. The van der Waals surface area contributed by atoms with Crippen LogP contribution >= 0.6 is 0 Å². The first-order valence-electron chi connectivity index (χ1n) is 10.5. The van der Waals surface area contributed by atoms with E-state index in [2.05, 4.69) is 47.9 Å². The van der Waals surface area contributed by atoms with E-state index >= 15 is 0 Å². The van der Waals surface area contributed by atoms with Gasteiger partial charge in [0, 0.05) is 38.8 Å². The molecular weight excluding hydrogens is 348 g/mol. The molecule has 0 saturated carbocycles. The molecule has 0 aromatic heterocycles. The van der Waals surface area contributed by atoms with Crippen molar-refractivity contribution in [1.29, 1.82) is 0 Å². The van der Waals surface area contributed by atoms with Gasteiger partial charge in [-0.25, -0.2) is 0 Å². The van der Waals surface area contributed by atoms with Crippen LogP contribution in [0.25, 0.3) is 0 Å². The molecule has 0 spiro atoms. The van der Waals surface area contributed by atoms with E-state index in [0.29, 0.717) is 6.61 Å². The van der Waals surface area contributed by atoms with Gasteiger partial charge in [-0.1, -0.05) is 50.2 Å². The van der Waals surface area contributed by atoms with Crippen molar-refractivity contribution in [1.82, 2.24) is 9.80 Å². The molecule has 28 heavy (non-hydrogen) atoms. The van der Waals surface area contributed by atoms with Gasteiger partial charge >= 0.3 is 0 Å².